The van der Waals surface area contributed by atoms with Crippen LogP contribution < -0.4 is 5.32 Å². The van der Waals surface area contributed by atoms with E-state index in [0.29, 0.717) is 16.9 Å². The van der Waals surface area contributed by atoms with Gasteiger partial charge in [0.1, 0.15) is 0 Å². The number of amides is 1. The number of anilines is 1. The predicted molar refractivity (Wildman–Crippen MR) is 110 cm³/mol. The van der Waals surface area contributed by atoms with E-state index in [1.807, 2.05) is 61.9 Å². The van der Waals surface area contributed by atoms with E-state index in [-0.39, 0.29) is 11.9 Å². The van der Waals surface area contributed by atoms with Gasteiger partial charge in [-0.1, -0.05) is 29.8 Å². The van der Waals surface area contributed by atoms with Crippen LogP contribution in [0.2, 0.25) is 0 Å². The molecule has 4 rings (SSSR count). The zero-order valence-electron chi connectivity index (χ0n) is 16.0. The van der Waals surface area contributed by atoms with Gasteiger partial charge in [0.25, 0.3) is 5.91 Å². The number of aryl methyl sites for hydroxylation is 1. The molecule has 0 spiro atoms. The van der Waals surface area contributed by atoms with Crippen molar-refractivity contribution in [3.05, 3.63) is 72.2 Å². The van der Waals surface area contributed by atoms with Gasteiger partial charge in [0.2, 0.25) is 0 Å². The fourth-order valence-electron chi connectivity index (χ4n) is 3.09. The third-order valence-corrected chi connectivity index (χ3v) is 4.57. The molecule has 28 heavy (non-hydrogen) atoms. The molecule has 0 bridgehead atoms. The number of nitrogens with zero attached hydrogens (tertiary/aromatic N) is 4. The standard InChI is InChI=1S/C22H21N5O/c1-14(2)27-21-19(13-24-27)18(22(28)25-17-5-4-10-23-12-17)11-20(26-21)16-8-6-15(3)7-9-16/h4-14H,1-3H3,(H,25,28). The minimum absolute atomic E-state index is 0.132. The molecule has 0 saturated carbocycles. The van der Waals surface area contributed by atoms with E-state index in [1.165, 1.54) is 5.56 Å². The third-order valence-electron chi connectivity index (χ3n) is 4.57. The van der Waals surface area contributed by atoms with Crippen LogP contribution in [-0.2, 0) is 0 Å². The van der Waals surface area contributed by atoms with E-state index in [1.54, 1.807) is 24.7 Å². The summed E-state index contributed by atoms with van der Waals surface area (Å²) in [6.07, 6.45) is 5.00. The number of fused-ring (bicyclic) bond motifs is 1. The second-order valence-corrected chi connectivity index (χ2v) is 7.04. The van der Waals surface area contributed by atoms with E-state index < -0.39 is 0 Å². The van der Waals surface area contributed by atoms with Crippen molar-refractivity contribution in [1.29, 1.82) is 0 Å². The number of carbonyl (C=O) groups is 1. The first-order valence-corrected chi connectivity index (χ1v) is 9.19. The molecule has 0 aliphatic carbocycles. The molecule has 1 N–H and O–H groups in total. The van der Waals surface area contributed by atoms with E-state index in [0.717, 1.165) is 16.6 Å². The highest BCUT2D eigenvalue weighted by Crippen LogP contribution is 2.27. The summed E-state index contributed by atoms with van der Waals surface area (Å²) in [7, 11) is 0. The second-order valence-electron chi connectivity index (χ2n) is 7.04. The molecule has 0 aliphatic rings. The van der Waals surface area contributed by atoms with E-state index in [9.17, 15) is 4.79 Å². The number of benzene rings is 1. The molecule has 1 amide bonds. The minimum Gasteiger partial charge on any atom is -0.321 e. The summed E-state index contributed by atoms with van der Waals surface area (Å²) < 4.78 is 1.84. The van der Waals surface area contributed by atoms with Gasteiger partial charge >= 0.3 is 0 Å². The third kappa shape index (κ3) is 3.36. The average Bonchev–Trinajstić information content (AvgIpc) is 3.13. The van der Waals surface area contributed by atoms with Gasteiger partial charge in [-0.2, -0.15) is 5.10 Å². The molecular weight excluding hydrogens is 350 g/mol. The van der Waals surface area contributed by atoms with Gasteiger partial charge in [0.15, 0.2) is 5.65 Å². The van der Waals surface area contributed by atoms with Crippen LogP contribution in [0.4, 0.5) is 5.69 Å². The lowest BCUT2D eigenvalue weighted by Crippen LogP contribution is -2.13. The summed E-state index contributed by atoms with van der Waals surface area (Å²) in [5, 5.41) is 8.09. The van der Waals surface area contributed by atoms with Crippen LogP contribution in [0, 0.1) is 6.92 Å². The molecule has 0 atom stereocenters. The smallest absolute Gasteiger partial charge is 0.256 e. The maximum absolute atomic E-state index is 13.0. The molecule has 0 fully saturated rings. The summed E-state index contributed by atoms with van der Waals surface area (Å²) >= 11 is 0. The Balaban J connectivity index is 1.86. The van der Waals surface area contributed by atoms with Gasteiger partial charge in [0, 0.05) is 17.8 Å². The minimum atomic E-state index is -0.211. The van der Waals surface area contributed by atoms with E-state index >= 15 is 0 Å². The van der Waals surface area contributed by atoms with Crippen LogP contribution in [0.3, 0.4) is 0 Å². The van der Waals surface area contributed by atoms with Crippen molar-refractivity contribution < 1.29 is 4.79 Å². The Hall–Kier alpha value is -3.54. The lowest BCUT2D eigenvalue weighted by atomic mass is 10.0. The van der Waals surface area contributed by atoms with Crippen LogP contribution in [0.15, 0.2) is 61.1 Å². The van der Waals surface area contributed by atoms with Gasteiger partial charge in [-0.05, 0) is 39.0 Å². The molecule has 6 nitrogen and oxygen atoms in total. The summed E-state index contributed by atoms with van der Waals surface area (Å²) in [5.41, 5.74) is 4.75. The normalized spacial score (nSPS) is 11.1. The number of carbonyl (C=O) groups excluding carboxylic acids is 1. The zero-order chi connectivity index (χ0) is 19.7. The number of rotatable bonds is 4. The number of nitrogens with one attached hydrogen (secondary N) is 1. The Morgan fingerprint density at radius 2 is 1.89 bits per heavy atom. The van der Waals surface area contributed by atoms with Gasteiger partial charge < -0.3 is 5.32 Å². The number of aromatic nitrogens is 4. The highest BCUT2D eigenvalue weighted by Gasteiger charge is 2.18. The summed E-state index contributed by atoms with van der Waals surface area (Å²) in [6.45, 7) is 6.13. The van der Waals surface area contributed by atoms with Crippen LogP contribution >= 0.6 is 0 Å². The lowest BCUT2D eigenvalue weighted by Gasteiger charge is -2.11. The molecule has 3 heterocycles. The monoisotopic (exact) mass is 371 g/mol. The van der Waals surface area contributed by atoms with Crippen molar-refractivity contribution >= 4 is 22.6 Å². The second kappa shape index (κ2) is 7.23. The Labute approximate surface area is 163 Å². The molecule has 0 unspecified atom stereocenters. The fraction of sp³-hybridized carbons (Fsp3) is 0.182. The largest absolute Gasteiger partial charge is 0.321 e. The maximum Gasteiger partial charge on any atom is 0.256 e. The van der Waals surface area contributed by atoms with Gasteiger partial charge in [-0.15, -0.1) is 0 Å². The topological polar surface area (TPSA) is 72.7 Å². The molecule has 4 aromatic rings. The fourth-order valence-corrected chi connectivity index (χ4v) is 3.09. The van der Waals surface area contributed by atoms with Crippen LogP contribution in [0.5, 0.6) is 0 Å². The first-order chi connectivity index (χ1) is 13.5. The summed E-state index contributed by atoms with van der Waals surface area (Å²) in [5.74, 6) is -0.211. The van der Waals surface area contributed by atoms with Gasteiger partial charge in [0.05, 0.1) is 34.7 Å². The van der Waals surface area contributed by atoms with E-state index in [4.69, 9.17) is 4.98 Å². The van der Waals surface area contributed by atoms with Crippen molar-refractivity contribution in [2.75, 3.05) is 5.32 Å². The van der Waals surface area contributed by atoms with Crippen LogP contribution in [0.25, 0.3) is 22.3 Å². The van der Waals surface area contributed by atoms with Crippen molar-refractivity contribution in [2.24, 2.45) is 0 Å². The summed E-state index contributed by atoms with van der Waals surface area (Å²) in [4.78, 5) is 21.9. The zero-order valence-corrected chi connectivity index (χ0v) is 16.0. The molecular formula is C22H21N5O. The highest BCUT2D eigenvalue weighted by molar-refractivity contribution is 6.12. The molecule has 0 aliphatic heterocycles. The van der Waals surface area contributed by atoms with Crippen LogP contribution in [-0.4, -0.2) is 25.7 Å². The van der Waals surface area contributed by atoms with Gasteiger partial charge in [-0.25, -0.2) is 9.67 Å². The Morgan fingerprint density at radius 1 is 1.11 bits per heavy atom. The molecule has 0 radical (unpaired) electrons. The lowest BCUT2D eigenvalue weighted by molar-refractivity contribution is 0.102. The highest BCUT2D eigenvalue weighted by atomic mass is 16.1. The van der Waals surface area contributed by atoms with Crippen molar-refractivity contribution in [3.63, 3.8) is 0 Å². The van der Waals surface area contributed by atoms with Crippen molar-refractivity contribution in [2.45, 2.75) is 26.8 Å². The number of hydrogen-bond donors (Lipinski definition) is 1. The predicted octanol–water partition coefficient (Wildman–Crippen LogP) is 4.63. The first-order valence-electron chi connectivity index (χ1n) is 9.19. The van der Waals surface area contributed by atoms with Crippen LogP contribution in [0.1, 0.15) is 35.8 Å². The quantitative estimate of drug-likeness (QED) is 0.567. The molecule has 1 aromatic carbocycles. The number of pyridine rings is 2. The SMILES string of the molecule is Cc1ccc(-c2cc(C(=O)Nc3cccnc3)c3cnn(C(C)C)c3n2)cc1. The Morgan fingerprint density at radius 3 is 2.57 bits per heavy atom. The van der Waals surface area contributed by atoms with E-state index in [2.05, 4.69) is 15.4 Å². The Bertz CT molecular complexity index is 1130. The number of hydrogen-bond acceptors (Lipinski definition) is 4. The van der Waals surface area contributed by atoms with Crippen molar-refractivity contribution in [3.8, 4) is 11.3 Å². The average molecular weight is 371 g/mol. The molecule has 3 aromatic heterocycles. The summed E-state index contributed by atoms with van der Waals surface area (Å²) in [6, 6.07) is 13.7. The van der Waals surface area contributed by atoms with Gasteiger partial charge in [-0.3, -0.25) is 9.78 Å². The maximum atomic E-state index is 13.0. The molecule has 140 valence electrons. The van der Waals surface area contributed by atoms with Crippen molar-refractivity contribution in [1.82, 2.24) is 19.7 Å². The Kier molecular flexibility index (Phi) is 4.61. The molecule has 0 saturated heterocycles. The first kappa shape index (κ1) is 17.9. The molecule has 6 heteroatoms.